The van der Waals surface area contributed by atoms with Crippen molar-refractivity contribution in [3.63, 3.8) is 0 Å². The second-order valence-corrected chi connectivity index (χ2v) is 4.13. The fourth-order valence-corrected chi connectivity index (χ4v) is 1.84. The fraction of sp³-hybridized carbons (Fsp3) is 0.467. The van der Waals surface area contributed by atoms with Gasteiger partial charge in [-0.15, -0.1) is 0 Å². The minimum absolute atomic E-state index is 0.731. The smallest absolute Gasteiger partial charge is 0.127 e. The van der Waals surface area contributed by atoms with Gasteiger partial charge in [-0.05, 0) is 62.1 Å². The maximum absolute atomic E-state index is 5.68. The maximum Gasteiger partial charge on any atom is 0.127 e. The average molecular weight is 218 g/mol. The lowest BCUT2D eigenvalue weighted by Crippen LogP contribution is -2.07. The molecule has 0 amide bonds. The van der Waals surface area contributed by atoms with Crippen LogP contribution in [0.15, 0.2) is 11.6 Å². The Morgan fingerprint density at radius 3 is 2.25 bits per heavy atom. The van der Waals surface area contributed by atoms with Crippen LogP contribution in [0.1, 0.15) is 43.0 Å². The van der Waals surface area contributed by atoms with Gasteiger partial charge in [0.25, 0.3) is 0 Å². The monoisotopic (exact) mass is 218 g/mol. The van der Waals surface area contributed by atoms with E-state index in [2.05, 4.69) is 39.8 Å². The Kier molecular flexibility index (Phi) is 4.17. The van der Waals surface area contributed by atoms with Crippen molar-refractivity contribution >= 4 is 6.08 Å². The van der Waals surface area contributed by atoms with Crippen molar-refractivity contribution in [2.45, 2.75) is 41.5 Å². The van der Waals surface area contributed by atoms with E-state index in [1.807, 2.05) is 13.8 Å². The molecule has 0 unspecified atom stereocenters. The van der Waals surface area contributed by atoms with Gasteiger partial charge in [-0.1, -0.05) is 13.8 Å². The Morgan fingerprint density at radius 2 is 1.62 bits per heavy atom. The molecule has 1 nitrogen and oxygen atoms in total. The molecule has 2 rings (SSSR count). The van der Waals surface area contributed by atoms with E-state index in [0.717, 1.165) is 12.4 Å². The molecule has 0 aromatic heterocycles. The lowest BCUT2D eigenvalue weighted by molar-refractivity contribution is 0.347. The Hall–Kier alpha value is -1.24. The summed E-state index contributed by atoms with van der Waals surface area (Å²) in [6.45, 7) is 13.3. The zero-order valence-corrected chi connectivity index (χ0v) is 11.3. The molecule has 0 saturated heterocycles. The molecular formula is C15H22O. The topological polar surface area (TPSA) is 9.23 Å². The summed E-state index contributed by atoms with van der Waals surface area (Å²) in [4.78, 5) is 0. The minimum Gasteiger partial charge on any atom is -0.489 e. The molecule has 1 aliphatic rings. The number of fused-ring (bicyclic) bond motifs is 1. The van der Waals surface area contributed by atoms with Crippen LogP contribution in [-0.2, 0) is 0 Å². The zero-order chi connectivity index (χ0) is 12.3. The van der Waals surface area contributed by atoms with Crippen molar-refractivity contribution in [1.82, 2.24) is 0 Å². The van der Waals surface area contributed by atoms with Gasteiger partial charge in [0, 0.05) is 5.56 Å². The molecule has 1 aliphatic heterocycles. The first-order valence-electron chi connectivity index (χ1n) is 6.00. The van der Waals surface area contributed by atoms with E-state index >= 15 is 0 Å². The van der Waals surface area contributed by atoms with Gasteiger partial charge in [-0.3, -0.25) is 0 Å². The summed E-state index contributed by atoms with van der Waals surface area (Å²) in [6.07, 6.45) is 2.24. The van der Waals surface area contributed by atoms with Crippen LogP contribution in [0, 0.1) is 20.8 Å². The van der Waals surface area contributed by atoms with E-state index in [1.54, 1.807) is 0 Å². The minimum atomic E-state index is 0.731. The van der Waals surface area contributed by atoms with Crippen molar-refractivity contribution in [2.24, 2.45) is 0 Å². The first kappa shape index (κ1) is 12.8. The van der Waals surface area contributed by atoms with Gasteiger partial charge in [-0.25, -0.2) is 0 Å². The lowest BCUT2D eigenvalue weighted by atomic mass is 9.95. The number of hydrogen-bond donors (Lipinski definition) is 0. The Morgan fingerprint density at radius 1 is 1.00 bits per heavy atom. The van der Waals surface area contributed by atoms with Crippen molar-refractivity contribution in [2.75, 3.05) is 6.61 Å². The van der Waals surface area contributed by atoms with Crippen molar-refractivity contribution in [1.29, 1.82) is 0 Å². The number of benzene rings is 1. The molecular weight excluding hydrogens is 196 g/mol. The molecule has 0 spiro atoms. The molecule has 0 radical (unpaired) electrons. The average Bonchev–Trinajstić information content (AvgIpc) is 2.30. The van der Waals surface area contributed by atoms with Gasteiger partial charge in [-0.2, -0.15) is 0 Å². The van der Waals surface area contributed by atoms with Crippen LogP contribution in [0.2, 0.25) is 0 Å². The van der Waals surface area contributed by atoms with Crippen LogP contribution < -0.4 is 4.74 Å². The summed E-state index contributed by atoms with van der Waals surface area (Å²) in [7, 11) is 0. The van der Waals surface area contributed by atoms with E-state index in [0.29, 0.717) is 0 Å². The second-order valence-electron chi connectivity index (χ2n) is 4.13. The molecule has 88 valence electrons. The Bertz CT molecular complexity index is 414. The summed E-state index contributed by atoms with van der Waals surface area (Å²) < 4.78 is 5.68. The first-order chi connectivity index (χ1) is 7.59. The largest absolute Gasteiger partial charge is 0.489 e. The van der Waals surface area contributed by atoms with Crippen LogP contribution in [-0.4, -0.2) is 6.61 Å². The summed E-state index contributed by atoms with van der Waals surface area (Å²) in [6, 6.07) is 2.14. The molecule has 1 heteroatoms. The van der Waals surface area contributed by atoms with Gasteiger partial charge >= 0.3 is 0 Å². The third-order valence-corrected chi connectivity index (χ3v) is 3.02. The molecule has 0 fully saturated rings. The molecule has 0 aliphatic carbocycles. The highest BCUT2D eigenvalue weighted by Crippen LogP contribution is 2.32. The molecule has 0 saturated carbocycles. The molecule has 0 atom stereocenters. The quantitative estimate of drug-likeness (QED) is 0.625. The second kappa shape index (κ2) is 5.20. The van der Waals surface area contributed by atoms with Crippen molar-refractivity contribution in [3.8, 4) is 5.75 Å². The third kappa shape index (κ3) is 2.29. The van der Waals surface area contributed by atoms with E-state index in [4.69, 9.17) is 4.74 Å². The van der Waals surface area contributed by atoms with Crippen LogP contribution in [0.25, 0.3) is 6.08 Å². The van der Waals surface area contributed by atoms with E-state index in [1.165, 1.54) is 27.8 Å². The van der Waals surface area contributed by atoms with Gasteiger partial charge in [0.15, 0.2) is 0 Å². The molecule has 0 N–H and O–H groups in total. The number of ether oxygens (including phenoxy) is 1. The molecule has 16 heavy (non-hydrogen) atoms. The van der Waals surface area contributed by atoms with E-state index in [-0.39, 0.29) is 0 Å². The number of rotatable bonds is 0. The van der Waals surface area contributed by atoms with Crippen LogP contribution >= 0.6 is 0 Å². The molecule has 0 bridgehead atoms. The number of aryl methyl sites for hydroxylation is 1. The maximum atomic E-state index is 5.68. The predicted octanol–water partition coefficient (Wildman–Crippen LogP) is 4.43. The van der Waals surface area contributed by atoms with Crippen molar-refractivity contribution < 1.29 is 4.74 Å². The standard InChI is InChI=1S/C13H16O.C2H6/c1-8-5-12-11(4)10(3)9(2)6-13(12)14-7-8;1-2/h5-6H,7H2,1-4H3;1-2H3. The van der Waals surface area contributed by atoms with Crippen LogP contribution in [0.4, 0.5) is 0 Å². The fourth-order valence-electron chi connectivity index (χ4n) is 1.84. The van der Waals surface area contributed by atoms with Gasteiger partial charge in [0.1, 0.15) is 12.4 Å². The molecule has 1 heterocycles. The zero-order valence-electron chi connectivity index (χ0n) is 11.3. The van der Waals surface area contributed by atoms with Crippen molar-refractivity contribution in [3.05, 3.63) is 33.9 Å². The molecule has 1 aromatic rings. The summed E-state index contributed by atoms with van der Waals surface area (Å²) >= 11 is 0. The molecule has 1 aromatic carbocycles. The normalized spacial score (nSPS) is 13.0. The predicted molar refractivity (Wildman–Crippen MR) is 71.1 cm³/mol. The van der Waals surface area contributed by atoms with E-state index in [9.17, 15) is 0 Å². The highest BCUT2D eigenvalue weighted by molar-refractivity contribution is 5.67. The first-order valence-corrected chi connectivity index (χ1v) is 6.00. The summed E-state index contributed by atoms with van der Waals surface area (Å²) in [5.74, 6) is 1.04. The third-order valence-electron chi connectivity index (χ3n) is 3.02. The van der Waals surface area contributed by atoms with Gasteiger partial charge in [0.2, 0.25) is 0 Å². The van der Waals surface area contributed by atoms with E-state index < -0.39 is 0 Å². The van der Waals surface area contributed by atoms with Crippen LogP contribution in [0.5, 0.6) is 5.75 Å². The Balaban J connectivity index is 0.000000606. The van der Waals surface area contributed by atoms with Gasteiger partial charge in [0.05, 0.1) is 0 Å². The highest BCUT2D eigenvalue weighted by atomic mass is 16.5. The number of hydrogen-bond acceptors (Lipinski definition) is 1. The van der Waals surface area contributed by atoms with Crippen LogP contribution in [0.3, 0.4) is 0 Å². The summed E-state index contributed by atoms with van der Waals surface area (Å²) in [5, 5.41) is 0. The Labute approximate surface area is 99.1 Å². The summed E-state index contributed by atoms with van der Waals surface area (Å²) in [5.41, 5.74) is 6.59. The lowest BCUT2D eigenvalue weighted by Gasteiger charge is -2.20. The highest BCUT2D eigenvalue weighted by Gasteiger charge is 2.13. The SMILES string of the molecule is CC.CC1=Cc2c(cc(C)c(C)c2C)OC1. The van der Waals surface area contributed by atoms with Gasteiger partial charge < -0.3 is 4.74 Å².